The average molecular weight is 432 g/mol. The molecule has 0 radical (unpaired) electrons. The number of nitrogens with one attached hydrogen (secondary N) is 1. The molecule has 3 aromatic rings. The molecule has 2 amide bonds. The van der Waals surface area contributed by atoms with Gasteiger partial charge in [0, 0.05) is 44.1 Å². The first-order valence-corrected chi connectivity index (χ1v) is 10.6. The zero-order valence-corrected chi connectivity index (χ0v) is 18.0. The number of fused-ring (bicyclic) bond motifs is 2. The Labute approximate surface area is 185 Å². The van der Waals surface area contributed by atoms with Crippen LogP contribution >= 0.6 is 0 Å². The molecule has 0 saturated carbocycles. The zero-order chi connectivity index (χ0) is 22.2. The van der Waals surface area contributed by atoms with Gasteiger partial charge >= 0.3 is 0 Å². The standard InChI is InChI=1S/C23H24N6O3/c1-14-7-15(10-24-9-14)23(31)28-11-16-8-20-26-27-21(29(20)13-17(16)12-28)22(30)25-18-3-5-19(32-2)6-4-18/h3-7,9-10,16-17H,8,11-13H2,1-2H3,(H,25,30)/t16-,17+/m1/s1. The summed E-state index contributed by atoms with van der Waals surface area (Å²) >= 11 is 0. The number of ether oxygens (including phenoxy) is 1. The van der Waals surface area contributed by atoms with Crippen molar-refractivity contribution in [1.29, 1.82) is 0 Å². The Balaban J connectivity index is 1.29. The van der Waals surface area contributed by atoms with Gasteiger partial charge in [-0.25, -0.2) is 0 Å². The van der Waals surface area contributed by atoms with Gasteiger partial charge in [-0.15, -0.1) is 10.2 Å². The molecule has 2 aliphatic heterocycles. The summed E-state index contributed by atoms with van der Waals surface area (Å²) in [7, 11) is 1.60. The van der Waals surface area contributed by atoms with E-state index in [1.807, 2.05) is 22.5 Å². The van der Waals surface area contributed by atoms with Crippen molar-refractivity contribution in [3.05, 3.63) is 65.5 Å². The molecule has 2 aliphatic rings. The van der Waals surface area contributed by atoms with E-state index in [4.69, 9.17) is 4.74 Å². The van der Waals surface area contributed by atoms with Gasteiger partial charge < -0.3 is 19.5 Å². The average Bonchev–Trinajstić information content (AvgIpc) is 3.41. The Morgan fingerprint density at radius 2 is 1.84 bits per heavy atom. The first-order chi connectivity index (χ1) is 15.5. The SMILES string of the molecule is COc1ccc(NC(=O)c2nnc3n2C[C@@H]2CN(C(=O)c4cncc(C)c4)C[C@H]2C3)cc1. The summed E-state index contributed by atoms with van der Waals surface area (Å²) in [5, 5.41) is 11.3. The molecule has 9 heteroatoms. The quantitative estimate of drug-likeness (QED) is 0.678. The lowest BCUT2D eigenvalue weighted by molar-refractivity contribution is 0.0782. The number of aromatic nitrogens is 4. The van der Waals surface area contributed by atoms with Crippen LogP contribution in [0, 0.1) is 18.8 Å². The van der Waals surface area contributed by atoms with Crippen LogP contribution in [0.4, 0.5) is 5.69 Å². The van der Waals surface area contributed by atoms with Crippen molar-refractivity contribution in [2.45, 2.75) is 19.9 Å². The van der Waals surface area contributed by atoms with E-state index in [2.05, 4.69) is 20.5 Å². The first-order valence-electron chi connectivity index (χ1n) is 10.6. The highest BCUT2D eigenvalue weighted by Gasteiger charge is 2.40. The Hall–Kier alpha value is -3.75. The Kier molecular flexibility index (Phi) is 5.08. The number of pyridine rings is 1. The van der Waals surface area contributed by atoms with Crippen LogP contribution in [0.1, 0.15) is 32.4 Å². The number of hydrogen-bond acceptors (Lipinski definition) is 6. The van der Waals surface area contributed by atoms with E-state index in [9.17, 15) is 9.59 Å². The van der Waals surface area contributed by atoms with Crippen LogP contribution in [-0.2, 0) is 13.0 Å². The number of rotatable bonds is 4. The van der Waals surface area contributed by atoms with Crippen LogP contribution < -0.4 is 10.1 Å². The summed E-state index contributed by atoms with van der Waals surface area (Å²) < 4.78 is 7.04. The third-order valence-electron chi connectivity index (χ3n) is 6.23. The van der Waals surface area contributed by atoms with Crippen LogP contribution in [0.25, 0.3) is 0 Å². The van der Waals surface area contributed by atoms with Crippen LogP contribution in [0.2, 0.25) is 0 Å². The third-order valence-corrected chi connectivity index (χ3v) is 6.23. The smallest absolute Gasteiger partial charge is 0.293 e. The minimum atomic E-state index is -0.302. The van der Waals surface area contributed by atoms with E-state index >= 15 is 0 Å². The molecule has 0 aliphatic carbocycles. The molecule has 4 heterocycles. The van der Waals surface area contributed by atoms with Crippen LogP contribution in [0.15, 0.2) is 42.7 Å². The van der Waals surface area contributed by atoms with Gasteiger partial charge in [0.2, 0.25) is 5.82 Å². The topological polar surface area (TPSA) is 102 Å². The van der Waals surface area contributed by atoms with Gasteiger partial charge in [-0.2, -0.15) is 0 Å². The van der Waals surface area contributed by atoms with Gasteiger partial charge in [0.05, 0.1) is 12.7 Å². The summed E-state index contributed by atoms with van der Waals surface area (Å²) in [6.45, 7) is 3.87. The Morgan fingerprint density at radius 1 is 1.06 bits per heavy atom. The number of carbonyl (C=O) groups excluding carboxylic acids is 2. The van der Waals surface area contributed by atoms with E-state index < -0.39 is 0 Å². The van der Waals surface area contributed by atoms with Crippen molar-refractivity contribution >= 4 is 17.5 Å². The normalized spacial score (nSPS) is 19.2. The highest BCUT2D eigenvalue weighted by Crippen LogP contribution is 2.33. The largest absolute Gasteiger partial charge is 0.497 e. The number of anilines is 1. The molecule has 0 bridgehead atoms. The molecular weight excluding hydrogens is 408 g/mol. The molecule has 9 nitrogen and oxygen atoms in total. The number of methoxy groups -OCH3 is 1. The van der Waals surface area contributed by atoms with Crippen LogP contribution in [0.3, 0.4) is 0 Å². The van der Waals surface area contributed by atoms with E-state index in [1.165, 1.54) is 0 Å². The zero-order valence-electron chi connectivity index (χ0n) is 18.0. The molecule has 0 unspecified atom stereocenters. The molecule has 164 valence electrons. The molecule has 1 N–H and O–H groups in total. The molecule has 1 fully saturated rings. The Bertz CT molecular complexity index is 1170. The lowest BCUT2D eigenvalue weighted by Gasteiger charge is -2.25. The van der Waals surface area contributed by atoms with Gasteiger partial charge in [0.1, 0.15) is 11.6 Å². The van der Waals surface area contributed by atoms with E-state index in [0.29, 0.717) is 49.0 Å². The number of benzene rings is 1. The van der Waals surface area contributed by atoms with Gasteiger partial charge in [0.25, 0.3) is 11.8 Å². The van der Waals surface area contributed by atoms with Crippen LogP contribution in [-0.4, -0.2) is 56.7 Å². The number of hydrogen-bond donors (Lipinski definition) is 1. The highest BCUT2D eigenvalue weighted by molar-refractivity contribution is 6.01. The summed E-state index contributed by atoms with van der Waals surface area (Å²) in [6, 6.07) is 9.00. The second kappa shape index (κ2) is 8.07. The maximum Gasteiger partial charge on any atom is 0.293 e. The lowest BCUT2D eigenvalue weighted by atomic mass is 9.89. The molecule has 2 aromatic heterocycles. The Morgan fingerprint density at radius 3 is 2.59 bits per heavy atom. The summed E-state index contributed by atoms with van der Waals surface area (Å²) in [5.41, 5.74) is 2.24. The molecular formula is C23H24N6O3. The number of likely N-dealkylation sites (tertiary alicyclic amines) is 1. The third kappa shape index (κ3) is 3.70. The number of amides is 2. The molecule has 1 saturated heterocycles. The summed E-state index contributed by atoms with van der Waals surface area (Å²) in [4.78, 5) is 31.8. The number of aryl methyl sites for hydroxylation is 1. The van der Waals surface area contributed by atoms with E-state index in [1.54, 1.807) is 43.8 Å². The molecule has 0 spiro atoms. The fraction of sp³-hybridized carbons (Fsp3) is 0.348. The van der Waals surface area contributed by atoms with Crippen molar-refractivity contribution in [3.8, 4) is 5.75 Å². The van der Waals surface area contributed by atoms with E-state index in [0.717, 1.165) is 17.1 Å². The second-order valence-electron chi connectivity index (χ2n) is 8.42. The van der Waals surface area contributed by atoms with Crippen molar-refractivity contribution in [1.82, 2.24) is 24.6 Å². The highest BCUT2D eigenvalue weighted by atomic mass is 16.5. The minimum absolute atomic E-state index is 0.00355. The van der Waals surface area contributed by atoms with E-state index in [-0.39, 0.29) is 17.7 Å². The monoisotopic (exact) mass is 432 g/mol. The maximum absolute atomic E-state index is 13.0. The number of carbonyl (C=O) groups is 2. The van der Waals surface area contributed by atoms with Crippen molar-refractivity contribution in [3.63, 3.8) is 0 Å². The minimum Gasteiger partial charge on any atom is -0.497 e. The molecule has 2 atom stereocenters. The van der Waals surface area contributed by atoms with Gasteiger partial charge in [-0.05, 0) is 54.7 Å². The predicted molar refractivity (Wildman–Crippen MR) is 117 cm³/mol. The molecule has 32 heavy (non-hydrogen) atoms. The molecule has 5 rings (SSSR count). The number of nitrogens with zero attached hydrogens (tertiary/aromatic N) is 5. The lowest BCUT2D eigenvalue weighted by Crippen LogP contribution is -2.31. The second-order valence-corrected chi connectivity index (χ2v) is 8.42. The van der Waals surface area contributed by atoms with Crippen LogP contribution in [0.5, 0.6) is 5.75 Å². The summed E-state index contributed by atoms with van der Waals surface area (Å²) in [5.74, 6) is 2.07. The van der Waals surface area contributed by atoms with Gasteiger partial charge in [-0.1, -0.05) is 0 Å². The van der Waals surface area contributed by atoms with Gasteiger partial charge in [-0.3, -0.25) is 14.6 Å². The maximum atomic E-state index is 13.0. The van der Waals surface area contributed by atoms with Crippen molar-refractivity contribution < 1.29 is 14.3 Å². The predicted octanol–water partition coefficient (Wildman–Crippen LogP) is 2.19. The van der Waals surface area contributed by atoms with Crippen molar-refractivity contribution in [2.75, 3.05) is 25.5 Å². The fourth-order valence-corrected chi connectivity index (χ4v) is 4.57. The van der Waals surface area contributed by atoms with Gasteiger partial charge in [0.15, 0.2) is 0 Å². The first kappa shape index (κ1) is 20.2. The van der Waals surface area contributed by atoms with Crippen molar-refractivity contribution in [2.24, 2.45) is 11.8 Å². The molecule has 1 aromatic carbocycles. The fourth-order valence-electron chi connectivity index (χ4n) is 4.57. The summed E-state index contributed by atoms with van der Waals surface area (Å²) in [6.07, 6.45) is 4.06.